The van der Waals surface area contributed by atoms with Crippen LogP contribution in [0.15, 0.2) is 18.3 Å². The highest BCUT2D eigenvalue weighted by Crippen LogP contribution is 2.21. The Kier molecular flexibility index (Phi) is 3.28. The number of primary amides is 1. The summed E-state index contributed by atoms with van der Waals surface area (Å²) in [5.74, 6) is 0.818. The highest BCUT2D eigenvalue weighted by molar-refractivity contribution is 5.93. The summed E-state index contributed by atoms with van der Waals surface area (Å²) >= 11 is 0. The smallest absolute Gasteiger partial charge is 0.248 e. The molecule has 4 N–H and O–H groups in total. The summed E-state index contributed by atoms with van der Waals surface area (Å²) in [6.45, 7) is 3.88. The molecular weight excluding hydrogens is 216 g/mol. The predicted molar refractivity (Wildman–Crippen MR) is 66.7 cm³/mol. The molecule has 17 heavy (non-hydrogen) atoms. The SMILES string of the molecule is CC1CN(c2cc(C(N)=O)ccn2)CCC1N. The molecule has 0 aliphatic carbocycles. The van der Waals surface area contributed by atoms with Crippen molar-refractivity contribution in [1.29, 1.82) is 0 Å². The third-order valence-corrected chi connectivity index (χ3v) is 3.33. The predicted octanol–water partition coefficient (Wildman–Crippen LogP) is 0.354. The first kappa shape index (κ1) is 11.9. The summed E-state index contributed by atoms with van der Waals surface area (Å²) in [5, 5.41) is 0. The van der Waals surface area contributed by atoms with E-state index in [0.717, 1.165) is 25.3 Å². The van der Waals surface area contributed by atoms with Crippen LogP contribution in [0, 0.1) is 5.92 Å². The third kappa shape index (κ3) is 2.55. The van der Waals surface area contributed by atoms with Crippen molar-refractivity contribution in [3.05, 3.63) is 23.9 Å². The van der Waals surface area contributed by atoms with Gasteiger partial charge in [0.05, 0.1) is 0 Å². The lowest BCUT2D eigenvalue weighted by Crippen LogP contribution is -2.46. The summed E-state index contributed by atoms with van der Waals surface area (Å²) < 4.78 is 0. The van der Waals surface area contributed by atoms with Gasteiger partial charge in [0.1, 0.15) is 5.82 Å². The Hall–Kier alpha value is -1.62. The molecule has 0 spiro atoms. The minimum atomic E-state index is -0.421. The number of carbonyl (C=O) groups is 1. The average Bonchev–Trinajstić information content (AvgIpc) is 2.33. The number of nitrogens with two attached hydrogens (primary N) is 2. The van der Waals surface area contributed by atoms with Crippen LogP contribution in [0.2, 0.25) is 0 Å². The van der Waals surface area contributed by atoms with Gasteiger partial charge in [-0.1, -0.05) is 6.92 Å². The molecule has 2 unspecified atom stereocenters. The van der Waals surface area contributed by atoms with Gasteiger partial charge in [-0.15, -0.1) is 0 Å². The van der Waals surface area contributed by atoms with E-state index in [4.69, 9.17) is 11.5 Å². The van der Waals surface area contributed by atoms with Crippen molar-refractivity contribution < 1.29 is 4.79 Å². The lowest BCUT2D eigenvalue weighted by atomic mass is 9.95. The molecular formula is C12H18N4O. The molecule has 1 fully saturated rings. The van der Waals surface area contributed by atoms with Gasteiger partial charge < -0.3 is 16.4 Å². The van der Waals surface area contributed by atoms with Gasteiger partial charge in [0.25, 0.3) is 0 Å². The van der Waals surface area contributed by atoms with Crippen LogP contribution >= 0.6 is 0 Å². The zero-order chi connectivity index (χ0) is 12.4. The van der Waals surface area contributed by atoms with E-state index < -0.39 is 5.91 Å². The molecule has 0 bridgehead atoms. The van der Waals surface area contributed by atoms with Crippen molar-refractivity contribution in [2.45, 2.75) is 19.4 Å². The molecule has 0 aromatic carbocycles. The molecule has 2 atom stereocenters. The van der Waals surface area contributed by atoms with Crippen molar-refractivity contribution in [3.63, 3.8) is 0 Å². The van der Waals surface area contributed by atoms with E-state index in [-0.39, 0.29) is 6.04 Å². The summed E-state index contributed by atoms with van der Waals surface area (Å²) in [6.07, 6.45) is 2.57. The molecule has 92 valence electrons. The van der Waals surface area contributed by atoms with Crippen LogP contribution in [0.3, 0.4) is 0 Å². The van der Waals surface area contributed by atoms with Gasteiger partial charge in [0.15, 0.2) is 0 Å². The van der Waals surface area contributed by atoms with Crippen LogP contribution in [0.5, 0.6) is 0 Å². The van der Waals surface area contributed by atoms with E-state index in [0.29, 0.717) is 11.5 Å². The number of anilines is 1. The third-order valence-electron chi connectivity index (χ3n) is 3.33. The van der Waals surface area contributed by atoms with Crippen LogP contribution < -0.4 is 16.4 Å². The Bertz CT molecular complexity index is 421. The van der Waals surface area contributed by atoms with Gasteiger partial charge in [-0.25, -0.2) is 4.98 Å². The summed E-state index contributed by atoms with van der Waals surface area (Å²) in [6, 6.07) is 3.63. The molecule has 1 amide bonds. The second-order valence-corrected chi connectivity index (χ2v) is 4.64. The molecule has 2 rings (SSSR count). The zero-order valence-electron chi connectivity index (χ0n) is 9.97. The fourth-order valence-corrected chi connectivity index (χ4v) is 2.12. The van der Waals surface area contributed by atoms with Gasteiger partial charge in [0, 0.05) is 30.9 Å². The largest absolute Gasteiger partial charge is 0.366 e. The molecule has 1 aromatic rings. The zero-order valence-corrected chi connectivity index (χ0v) is 9.97. The van der Waals surface area contributed by atoms with Crippen molar-refractivity contribution in [2.75, 3.05) is 18.0 Å². The van der Waals surface area contributed by atoms with Crippen molar-refractivity contribution >= 4 is 11.7 Å². The molecule has 1 aliphatic heterocycles. The average molecular weight is 234 g/mol. The Labute approximate surface area is 101 Å². The molecule has 0 radical (unpaired) electrons. The van der Waals surface area contributed by atoms with Crippen molar-refractivity contribution in [1.82, 2.24) is 4.98 Å². The van der Waals surface area contributed by atoms with Gasteiger partial charge in [-0.2, -0.15) is 0 Å². The number of piperidine rings is 1. The minimum Gasteiger partial charge on any atom is -0.366 e. The Morgan fingerprint density at radius 3 is 3.00 bits per heavy atom. The van der Waals surface area contributed by atoms with E-state index in [2.05, 4.69) is 16.8 Å². The highest BCUT2D eigenvalue weighted by Gasteiger charge is 2.24. The molecule has 2 heterocycles. The second-order valence-electron chi connectivity index (χ2n) is 4.64. The van der Waals surface area contributed by atoms with E-state index in [1.807, 2.05) is 0 Å². The minimum absolute atomic E-state index is 0.255. The van der Waals surface area contributed by atoms with E-state index >= 15 is 0 Å². The van der Waals surface area contributed by atoms with Crippen LogP contribution in [0.25, 0.3) is 0 Å². The normalized spacial score (nSPS) is 24.7. The maximum Gasteiger partial charge on any atom is 0.248 e. The van der Waals surface area contributed by atoms with Gasteiger partial charge in [-0.05, 0) is 24.5 Å². The quantitative estimate of drug-likeness (QED) is 0.773. The summed E-state index contributed by atoms with van der Waals surface area (Å²) in [4.78, 5) is 17.5. The van der Waals surface area contributed by atoms with Crippen LogP contribution in [0.1, 0.15) is 23.7 Å². The maximum absolute atomic E-state index is 11.1. The molecule has 5 heteroatoms. The number of rotatable bonds is 2. The van der Waals surface area contributed by atoms with Gasteiger partial charge >= 0.3 is 0 Å². The van der Waals surface area contributed by atoms with Crippen LogP contribution in [0.4, 0.5) is 5.82 Å². The van der Waals surface area contributed by atoms with Crippen molar-refractivity contribution in [3.8, 4) is 0 Å². The number of hydrogen-bond acceptors (Lipinski definition) is 4. The molecule has 1 aromatic heterocycles. The highest BCUT2D eigenvalue weighted by atomic mass is 16.1. The monoisotopic (exact) mass is 234 g/mol. The molecule has 1 aliphatic rings. The van der Waals surface area contributed by atoms with Crippen molar-refractivity contribution in [2.24, 2.45) is 17.4 Å². The topological polar surface area (TPSA) is 85.2 Å². The summed E-state index contributed by atoms with van der Waals surface area (Å²) in [7, 11) is 0. The maximum atomic E-state index is 11.1. The Balaban J connectivity index is 2.17. The first-order valence-corrected chi connectivity index (χ1v) is 5.84. The number of pyridine rings is 1. The number of amides is 1. The molecule has 0 saturated carbocycles. The number of aromatic nitrogens is 1. The Morgan fingerprint density at radius 2 is 2.35 bits per heavy atom. The molecule has 5 nitrogen and oxygen atoms in total. The van der Waals surface area contributed by atoms with E-state index in [9.17, 15) is 4.79 Å². The van der Waals surface area contributed by atoms with Crippen LogP contribution in [-0.4, -0.2) is 30.0 Å². The summed E-state index contributed by atoms with van der Waals surface area (Å²) in [5.41, 5.74) is 11.7. The standard InChI is InChI=1S/C12H18N4O/c1-8-7-16(5-3-10(8)13)11-6-9(12(14)17)2-4-15-11/h2,4,6,8,10H,3,5,7,13H2,1H3,(H2,14,17). The fraction of sp³-hybridized carbons (Fsp3) is 0.500. The number of carbonyl (C=O) groups excluding carboxylic acids is 1. The van der Waals surface area contributed by atoms with Gasteiger partial charge in [0.2, 0.25) is 5.91 Å². The fourth-order valence-electron chi connectivity index (χ4n) is 2.12. The molecule has 1 saturated heterocycles. The van der Waals surface area contributed by atoms with Gasteiger partial charge in [-0.3, -0.25) is 4.79 Å². The second kappa shape index (κ2) is 4.71. The Morgan fingerprint density at radius 1 is 1.59 bits per heavy atom. The lowest BCUT2D eigenvalue weighted by Gasteiger charge is -2.35. The number of hydrogen-bond donors (Lipinski definition) is 2. The van der Waals surface area contributed by atoms with Crippen LogP contribution in [-0.2, 0) is 0 Å². The van der Waals surface area contributed by atoms with E-state index in [1.54, 1.807) is 18.3 Å². The first-order chi connectivity index (χ1) is 8.08. The first-order valence-electron chi connectivity index (χ1n) is 5.84. The lowest BCUT2D eigenvalue weighted by molar-refractivity contribution is 0.1000. The van der Waals surface area contributed by atoms with E-state index in [1.165, 1.54) is 0 Å². The number of nitrogens with zero attached hydrogens (tertiary/aromatic N) is 2.